The van der Waals surface area contributed by atoms with E-state index in [0.29, 0.717) is 46.4 Å². The zero-order chi connectivity index (χ0) is 25.0. The summed E-state index contributed by atoms with van der Waals surface area (Å²) >= 11 is 2.73. The van der Waals surface area contributed by atoms with Gasteiger partial charge in [0, 0.05) is 11.3 Å². The minimum Gasteiger partial charge on any atom is -0.497 e. The van der Waals surface area contributed by atoms with Crippen LogP contribution in [-0.2, 0) is 27.3 Å². The molecule has 9 heteroatoms. The van der Waals surface area contributed by atoms with Crippen molar-refractivity contribution in [2.24, 2.45) is 0 Å². The molecule has 0 amide bonds. The number of hydrogen-bond acceptors (Lipinski definition) is 8. The smallest absolute Gasteiger partial charge is 0.316 e. The lowest BCUT2D eigenvalue weighted by Gasteiger charge is -2.32. The van der Waals surface area contributed by atoms with Crippen molar-refractivity contribution in [2.75, 3.05) is 19.5 Å². The Morgan fingerprint density at radius 1 is 1.26 bits per heavy atom. The van der Waals surface area contributed by atoms with Crippen LogP contribution in [0.5, 0.6) is 5.75 Å². The summed E-state index contributed by atoms with van der Waals surface area (Å²) in [5, 5.41) is 1.12. The average Bonchev–Trinajstić information content (AvgIpc) is 3.23. The van der Waals surface area contributed by atoms with Gasteiger partial charge in [-0.05, 0) is 49.6 Å². The molecule has 1 atom stereocenters. The summed E-state index contributed by atoms with van der Waals surface area (Å²) in [6.07, 6.45) is 4.48. The van der Waals surface area contributed by atoms with Crippen LogP contribution < -0.4 is 10.3 Å². The van der Waals surface area contributed by atoms with Crippen LogP contribution in [0.15, 0.2) is 34.2 Å². The molecule has 4 rings (SSSR count). The summed E-state index contributed by atoms with van der Waals surface area (Å²) < 4.78 is 18.3. The van der Waals surface area contributed by atoms with E-state index in [0.717, 1.165) is 36.1 Å². The van der Waals surface area contributed by atoms with E-state index in [1.165, 1.54) is 23.1 Å². The van der Waals surface area contributed by atoms with E-state index in [2.05, 4.69) is 20.8 Å². The Morgan fingerprint density at radius 2 is 2.03 bits per heavy atom. The Kier molecular flexibility index (Phi) is 8.19. The number of aromatic nitrogens is 2. The van der Waals surface area contributed by atoms with Gasteiger partial charge in [-0.1, -0.05) is 38.5 Å². The molecule has 1 aromatic carbocycles. The summed E-state index contributed by atoms with van der Waals surface area (Å²) in [7, 11) is 1.60. The molecule has 0 spiro atoms. The lowest BCUT2D eigenvalue weighted by atomic mass is 9.90. The molecule has 0 bridgehead atoms. The highest BCUT2D eigenvalue weighted by Gasteiger charge is 2.33. The molecule has 3 heterocycles. The van der Waals surface area contributed by atoms with Gasteiger partial charge in [0.05, 0.1) is 42.8 Å². The lowest BCUT2D eigenvalue weighted by Crippen LogP contribution is -2.34. The Hall–Kier alpha value is -2.36. The summed E-state index contributed by atoms with van der Waals surface area (Å²) in [6.45, 7) is 7.19. The van der Waals surface area contributed by atoms with Crippen molar-refractivity contribution >= 4 is 39.3 Å². The maximum absolute atomic E-state index is 14.0. The molecule has 188 valence electrons. The van der Waals surface area contributed by atoms with Crippen molar-refractivity contribution in [3.8, 4) is 11.4 Å². The molecule has 3 aromatic rings. The van der Waals surface area contributed by atoms with Gasteiger partial charge >= 0.3 is 5.97 Å². The van der Waals surface area contributed by atoms with Gasteiger partial charge in [-0.15, -0.1) is 11.3 Å². The summed E-state index contributed by atoms with van der Waals surface area (Å²) in [4.78, 5) is 32.9. The molecule has 2 aromatic heterocycles. The minimum absolute atomic E-state index is 0.0856. The van der Waals surface area contributed by atoms with Gasteiger partial charge in [0.1, 0.15) is 10.6 Å². The molecular formula is C26H32N2O5S2. The van der Waals surface area contributed by atoms with Crippen LogP contribution in [0.2, 0.25) is 0 Å². The molecule has 0 saturated carbocycles. The summed E-state index contributed by atoms with van der Waals surface area (Å²) in [5.41, 5.74) is 1.28. The molecule has 35 heavy (non-hydrogen) atoms. The second-order valence-corrected chi connectivity index (χ2v) is 10.9. The van der Waals surface area contributed by atoms with Crippen molar-refractivity contribution in [1.82, 2.24) is 9.55 Å². The Balaban J connectivity index is 1.73. The molecule has 1 aliphatic heterocycles. The maximum Gasteiger partial charge on any atom is 0.316 e. The molecule has 7 nitrogen and oxygen atoms in total. The van der Waals surface area contributed by atoms with Crippen LogP contribution in [0, 0.1) is 0 Å². The monoisotopic (exact) mass is 516 g/mol. The first-order valence-corrected chi connectivity index (χ1v) is 13.8. The topological polar surface area (TPSA) is 79.7 Å². The van der Waals surface area contributed by atoms with Crippen molar-refractivity contribution in [3.63, 3.8) is 0 Å². The van der Waals surface area contributed by atoms with Gasteiger partial charge in [-0.25, -0.2) is 4.98 Å². The summed E-state index contributed by atoms with van der Waals surface area (Å²) in [5.74, 6) is 0.478. The first kappa shape index (κ1) is 25.7. The average molecular weight is 517 g/mol. The first-order chi connectivity index (χ1) is 16.9. The van der Waals surface area contributed by atoms with Crippen LogP contribution in [0.25, 0.3) is 15.9 Å². The maximum atomic E-state index is 14.0. The van der Waals surface area contributed by atoms with Crippen LogP contribution in [0.1, 0.15) is 56.9 Å². The van der Waals surface area contributed by atoms with E-state index in [1.54, 1.807) is 11.7 Å². The quantitative estimate of drug-likeness (QED) is 0.152. The fourth-order valence-electron chi connectivity index (χ4n) is 4.09. The highest BCUT2D eigenvalue weighted by Crippen LogP contribution is 2.39. The second kappa shape index (κ2) is 11.1. The molecule has 0 fully saturated rings. The number of thiophene rings is 1. The number of nitrogens with zero attached hydrogens (tertiary/aromatic N) is 2. The number of benzene rings is 1. The van der Waals surface area contributed by atoms with Crippen LogP contribution >= 0.6 is 23.1 Å². The number of carbonyl (C=O) groups excluding carboxylic acids is 1. The van der Waals surface area contributed by atoms with Crippen LogP contribution in [-0.4, -0.2) is 40.6 Å². The first-order valence-electron chi connectivity index (χ1n) is 12.0. The number of hydrogen-bond donors (Lipinski definition) is 0. The third kappa shape index (κ3) is 5.57. The number of thioether (sulfide) groups is 1. The van der Waals surface area contributed by atoms with Gasteiger partial charge in [0.2, 0.25) is 0 Å². The van der Waals surface area contributed by atoms with E-state index < -0.39 is 0 Å². The third-order valence-corrected chi connectivity index (χ3v) is 8.40. The molecular weight excluding hydrogens is 484 g/mol. The molecule has 0 saturated heterocycles. The number of esters is 1. The largest absolute Gasteiger partial charge is 0.497 e. The number of ether oxygens (including phenoxy) is 3. The molecule has 0 aliphatic carbocycles. The zero-order valence-corrected chi connectivity index (χ0v) is 22.4. The van der Waals surface area contributed by atoms with Gasteiger partial charge in [-0.3, -0.25) is 14.2 Å². The number of unbranched alkanes of at least 4 members (excludes halogenated alkanes) is 2. The number of rotatable bonds is 10. The molecule has 0 N–H and O–H groups in total. The van der Waals surface area contributed by atoms with Crippen molar-refractivity contribution in [3.05, 3.63) is 45.1 Å². The van der Waals surface area contributed by atoms with E-state index in [9.17, 15) is 9.59 Å². The van der Waals surface area contributed by atoms with Gasteiger partial charge in [-0.2, -0.15) is 0 Å². The van der Waals surface area contributed by atoms with E-state index in [1.807, 2.05) is 24.3 Å². The predicted octanol–water partition coefficient (Wildman–Crippen LogP) is 5.52. The number of carbonyl (C=O) groups is 1. The zero-order valence-electron chi connectivity index (χ0n) is 20.7. The Morgan fingerprint density at radius 3 is 2.71 bits per heavy atom. The predicted molar refractivity (Wildman–Crippen MR) is 140 cm³/mol. The lowest BCUT2D eigenvalue weighted by molar-refractivity contribution is -0.140. The second-order valence-electron chi connectivity index (χ2n) is 8.90. The molecule has 0 radical (unpaired) electrons. The SMILES string of the molecule is CCCCCOC(=O)CSc1nc2sc3c(c2c(=O)n1-c1ccc(OC)cc1)C[C@](C)(CC)OC3. The summed E-state index contributed by atoms with van der Waals surface area (Å²) in [6, 6.07) is 7.29. The number of methoxy groups -OCH3 is 1. The standard InChI is InChI=1S/C26H32N2O5S2/c1-5-7-8-13-32-21(29)16-34-25-27-23-22(19-14-26(3,6-2)33-15-20(19)35-23)24(30)28(25)17-9-11-18(31-4)12-10-17/h9-12H,5-8,13-16H2,1-4H3/t26-/m0/s1. The van der Waals surface area contributed by atoms with Crippen LogP contribution in [0.3, 0.4) is 0 Å². The molecule has 0 unspecified atom stereocenters. The van der Waals surface area contributed by atoms with E-state index in [-0.39, 0.29) is 22.9 Å². The fraction of sp³-hybridized carbons (Fsp3) is 0.500. The van der Waals surface area contributed by atoms with Gasteiger partial charge < -0.3 is 14.2 Å². The van der Waals surface area contributed by atoms with Crippen LogP contribution in [0.4, 0.5) is 0 Å². The highest BCUT2D eigenvalue weighted by atomic mass is 32.2. The van der Waals surface area contributed by atoms with Gasteiger partial charge in [0.15, 0.2) is 5.16 Å². The molecule has 1 aliphatic rings. The van der Waals surface area contributed by atoms with Crippen molar-refractivity contribution in [2.45, 2.75) is 70.2 Å². The normalized spacial score (nSPS) is 17.4. The van der Waals surface area contributed by atoms with E-state index in [4.69, 9.17) is 19.2 Å². The number of fused-ring (bicyclic) bond motifs is 3. The van der Waals surface area contributed by atoms with Gasteiger partial charge in [0.25, 0.3) is 5.56 Å². The Labute approximate surface area is 213 Å². The van der Waals surface area contributed by atoms with Crippen molar-refractivity contribution < 1.29 is 19.0 Å². The highest BCUT2D eigenvalue weighted by molar-refractivity contribution is 7.99. The van der Waals surface area contributed by atoms with E-state index >= 15 is 0 Å². The van der Waals surface area contributed by atoms with Crippen molar-refractivity contribution in [1.29, 1.82) is 0 Å². The third-order valence-electron chi connectivity index (χ3n) is 6.39. The fourth-order valence-corrected chi connectivity index (χ4v) is 6.04. The minimum atomic E-state index is -0.306. The Bertz CT molecular complexity index is 1250.